The standard InChI is InChI=1S/C10H18N6/c1-8-7-12-10(14-11)13-9(8)16-5-3-15(2)4-6-16/h7H,3-6,11H2,1-2H3,(H,12,13,14). The summed E-state index contributed by atoms with van der Waals surface area (Å²) in [7, 11) is 2.14. The van der Waals surface area contributed by atoms with Crippen LogP contribution in [-0.2, 0) is 0 Å². The van der Waals surface area contributed by atoms with Crippen molar-refractivity contribution in [3.05, 3.63) is 11.8 Å². The van der Waals surface area contributed by atoms with E-state index >= 15 is 0 Å². The van der Waals surface area contributed by atoms with Gasteiger partial charge in [-0.3, -0.25) is 5.43 Å². The molecule has 3 N–H and O–H groups in total. The molecule has 1 aromatic rings. The molecule has 0 atom stereocenters. The molecule has 0 bridgehead atoms. The lowest BCUT2D eigenvalue weighted by Crippen LogP contribution is -2.45. The van der Waals surface area contributed by atoms with Crippen molar-refractivity contribution in [3.8, 4) is 0 Å². The molecule has 0 radical (unpaired) electrons. The largest absolute Gasteiger partial charge is 0.354 e. The zero-order valence-electron chi connectivity index (χ0n) is 9.77. The van der Waals surface area contributed by atoms with Crippen LogP contribution in [0.4, 0.5) is 11.8 Å². The smallest absolute Gasteiger partial charge is 0.239 e. The fraction of sp³-hybridized carbons (Fsp3) is 0.600. The van der Waals surface area contributed by atoms with Gasteiger partial charge >= 0.3 is 0 Å². The van der Waals surface area contributed by atoms with Crippen molar-refractivity contribution in [1.29, 1.82) is 0 Å². The molecule has 1 saturated heterocycles. The molecule has 0 amide bonds. The van der Waals surface area contributed by atoms with E-state index in [1.54, 1.807) is 6.20 Å². The van der Waals surface area contributed by atoms with Crippen molar-refractivity contribution in [2.45, 2.75) is 6.92 Å². The first-order chi connectivity index (χ1) is 7.70. The first-order valence-corrected chi connectivity index (χ1v) is 5.44. The quantitative estimate of drug-likeness (QED) is 0.534. The van der Waals surface area contributed by atoms with Gasteiger partial charge in [0.05, 0.1) is 0 Å². The highest BCUT2D eigenvalue weighted by Crippen LogP contribution is 2.18. The molecule has 0 aliphatic carbocycles. The summed E-state index contributed by atoms with van der Waals surface area (Å²) in [6.45, 7) is 6.15. The van der Waals surface area contributed by atoms with E-state index in [1.165, 1.54) is 0 Å². The van der Waals surface area contributed by atoms with Crippen LogP contribution >= 0.6 is 0 Å². The number of nitrogens with two attached hydrogens (primary N) is 1. The van der Waals surface area contributed by atoms with Crippen molar-refractivity contribution < 1.29 is 0 Å². The van der Waals surface area contributed by atoms with Gasteiger partial charge in [0.15, 0.2) is 0 Å². The van der Waals surface area contributed by atoms with E-state index in [0.717, 1.165) is 37.6 Å². The summed E-state index contributed by atoms with van der Waals surface area (Å²) >= 11 is 0. The molecule has 1 aromatic heterocycles. The van der Waals surface area contributed by atoms with Crippen LogP contribution in [0.2, 0.25) is 0 Å². The summed E-state index contributed by atoms with van der Waals surface area (Å²) in [4.78, 5) is 13.1. The Balaban J connectivity index is 2.19. The second-order valence-electron chi connectivity index (χ2n) is 4.13. The van der Waals surface area contributed by atoms with E-state index in [4.69, 9.17) is 5.84 Å². The number of aromatic nitrogens is 2. The minimum Gasteiger partial charge on any atom is -0.354 e. The number of hydrogen-bond acceptors (Lipinski definition) is 6. The van der Waals surface area contributed by atoms with Gasteiger partial charge in [-0.25, -0.2) is 10.8 Å². The molecule has 6 nitrogen and oxygen atoms in total. The molecular weight excluding hydrogens is 204 g/mol. The van der Waals surface area contributed by atoms with Crippen LogP contribution in [0.5, 0.6) is 0 Å². The SMILES string of the molecule is Cc1cnc(NN)nc1N1CCN(C)CC1. The molecule has 2 rings (SSSR count). The second-order valence-corrected chi connectivity index (χ2v) is 4.13. The number of piperazine rings is 1. The normalized spacial score (nSPS) is 17.6. The fourth-order valence-corrected chi connectivity index (χ4v) is 1.84. The maximum atomic E-state index is 5.32. The topological polar surface area (TPSA) is 70.3 Å². The lowest BCUT2D eigenvalue weighted by atomic mass is 10.2. The monoisotopic (exact) mass is 222 g/mol. The van der Waals surface area contributed by atoms with E-state index in [2.05, 4.69) is 32.2 Å². The number of nitrogens with one attached hydrogen (secondary N) is 1. The molecule has 0 aromatic carbocycles. The molecule has 0 spiro atoms. The van der Waals surface area contributed by atoms with E-state index in [0.29, 0.717) is 5.95 Å². The second kappa shape index (κ2) is 4.63. The molecule has 1 aliphatic heterocycles. The third-order valence-corrected chi connectivity index (χ3v) is 2.88. The minimum atomic E-state index is 0.472. The predicted molar refractivity (Wildman–Crippen MR) is 64.3 cm³/mol. The fourth-order valence-electron chi connectivity index (χ4n) is 1.84. The number of aryl methyl sites for hydroxylation is 1. The number of hydrazine groups is 1. The van der Waals surface area contributed by atoms with Gasteiger partial charge in [-0.1, -0.05) is 0 Å². The summed E-state index contributed by atoms with van der Waals surface area (Å²) in [6, 6.07) is 0. The molecule has 2 heterocycles. The van der Waals surface area contributed by atoms with Gasteiger partial charge in [0.2, 0.25) is 5.95 Å². The summed E-state index contributed by atoms with van der Waals surface area (Å²) in [5, 5.41) is 0. The van der Waals surface area contributed by atoms with Crippen LogP contribution in [0.15, 0.2) is 6.20 Å². The number of nitrogens with zero attached hydrogens (tertiary/aromatic N) is 4. The van der Waals surface area contributed by atoms with Gasteiger partial charge in [-0.2, -0.15) is 4.98 Å². The summed E-state index contributed by atoms with van der Waals surface area (Å²) in [5.41, 5.74) is 3.57. The first-order valence-electron chi connectivity index (χ1n) is 5.44. The highest BCUT2D eigenvalue weighted by molar-refractivity contribution is 5.49. The van der Waals surface area contributed by atoms with E-state index in [9.17, 15) is 0 Å². The minimum absolute atomic E-state index is 0.472. The molecule has 0 unspecified atom stereocenters. The number of nitrogen functional groups attached to an aromatic ring is 1. The molecule has 6 heteroatoms. The number of likely N-dealkylation sites (N-methyl/N-ethyl adjacent to an activating group) is 1. The van der Waals surface area contributed by atoms with Crippen LogP contribution in [0.25, 0.3) is 0 Å². The van der Waals surface area contributed by atoms with Gasteiger partial charge in [0.1, 0.15) is 5.82 Å². The van der Waals surface area contributed by atoms with Crippen molar-refractivity contribution in [1.82, 2.24) is 14.9 Å². The maximum absolute atomic E-state index is 5.32. The van der Waals surface area contributed by atoms with Crippen LogP contribution in [0, 0.1) is 6.92 Å². The zero-order valence-corrected chi connectivity index (χ0v) is 9.77. The summed E-state index contributed by atoms with van der Waals surface area (Å²) in [5.74, 6) is 6.77. The Labute approximate surface area is 95.4 Å². The van der Waals surface area contributed by atoms with E-state index < -0.39 is 0 Å². The molecule has 1 aliphatic rings. The van der Waals surface area contributed by atoms with Gasteiger partial charge in [-0.15, -0.1) is 0 Å². The lowest BCUT2D eigenvalue weighted by Gasteiger charge is -2.33. The highest BCUT2D eigenvalue weighted by atomic mass is 15.3. The Bertz CT molecular complexity index is 358. The average Bonchev–Trinajstić information content (AvgIpc) is 2.31. The maximum Gasteiger partial charge on any atom is 0.239 e. The third-order valence-electron chi connectivity index (χ3n) is 2.88. The summed E-state index contributed by atoms with van der Waals surface area (Å²) in [6.07, 6.45) is 1.80. The number of anilines is 2. The highest BCUT2D eigenvalue weighted by Gasteiger charge is 2.17. The van der Waals surface area contributed by atoms with Crippen molar-refractivity contribution in [2.24, 2.45) is 5.84 Å². The zero-order chi connectivity index (χ0) is 11.5. The van der Waals surface area contributed by atoms with Crippen LogP contribution < -0.4 is 16.2 Å². The Morgan fingerprint density at radius 3 is 2.62 bits per heavy atom. The average molecular weight is 222 g/mol. The van der Waals surface area contributed by atoms with Gasteiger partial charge in [-0.05, 0) is 14.0 Å². The number of rotatable bonds is 2. The van der Waals surface area contributed by atoms with Crippen molar-refractivity contribution in [3.63, 3.8) is 0 Å². The molecule has 16 heavy (non-hydrogen) atoms. The van der Waals surface area contributed by atoms with Crippen LogP contribution in [0.1, 0.15) is 5.56 Å². The Morgan fingerprint density at radius 2 is 2.00 bits per heavy atom. The van der Waals surface area contributed by atoms with Crippen molar-refractivity contribution >= 4 is 11.8 Å². The first kappa shape index (κ1) is 11.1. The molecule has 1 fully saturated rings. The van der Waals surface area contributed by atoms with Crippen LogP contribution in [0.3, 0.4) is 0 Å². The molecule has 0 saturated carbocycles. The van der Waals surface area contributed by atoms with Crippen LogP contribution in [-0.4, -0.2) is 48.1 Å². The van der Waals surface area contributed by atoms with Gasteiger partial charge in [0.25, 0.3) is 0 Å². The molecular formula is C10H18N6. The Kier molecular flexibility index (Phi) is 3.21. The Hall–Kier alpha value is -1.40. The third kappa shape index (κ3) is 2.23. The lowest BCUT2D eigenvalue weighted by molar-refractivity contribution is 0.312. The predicted octanol–water partition coefficient (Wildman–Crippen LogP) is -0.178. The number of hydrogen-bond donors (Lipinski definition) is 2. The summed E-state index contributed by atoms with van der Waals surface area (Å²) < 4.78 is 0. The van der Waals surface area contributed by atoms with Gasteiger partial charge in [0, 0.05) is 37.9 Å². The van der Waals surface area contributed by atoms with E-state index in [1.807, 2.05) is 6.92 Å². The van der Waals surface area contributed by atoms with E-state index in [-0.39, 0.29) is 0 Å². The van der Waals surface area contributed by atoms with Crippen molar-refractivity contribution in [2.75, 3.05) is 43.6 Å². The molecule has 88 valence electrons. The Morgan fingerprint density at radius 1 is 1.31 bits per heavy atom. The van der Waals surface area contributed by atoms with Gasteiger partial charge < -0.3 is 9.80 Å².